The van der Waals surface area contributed by atoms with Crippen LogP contribution in [0.15, 0.2) is 4.99 Å². The lowest BCUT2D eigenvalue weighted by Crippen LogP contribution is -2.43. The molecule has 0 radical (unpaired) electrons. The molecule has 1 aliphatic heterocycles. The fourth-order valence-electron chi connectivity index (χ4n) is 3.38. The molecule has 1 atom stereocenters. The molecule has 0 aromatic carbocycles. The summed E-state index contributed by atoms with van der Waals surface area (Å²) in [6, 6.07) is 0.535. The van der Waals surface area contributed by atoms with Gasteiger partial charge in [-0.15, -0.1) is 0 Å². The molecule has 1 aliphatic carbocycles. The Morgan fingerprint density at radius 3 is 2.40 bits per heavy atom. The molecule has 1 saturated carbocycles. The number of hydrogen-bond donors (Lipinski definition) is 3. The fourth-order valence-corrected chi connectivity index (χ4v) is 3.38. The molecule has 0 aromatic rings. The number of nitrogens with one attached hydrogen (secondary N) is 3. The van der Waals surface area contributed by atoms with Crippen molar-refractivity contribution < 1.29 is 4.79 Å². The lowest BCUT2D eigenvalue weighted by atomic mass is 10.0. The van der Waals surface area contributed by atoms with Crippen molar-refractivity contribution in [2.24, 2.45) is 16.8 Å². The summed E-state index contributed by atoms with van der Waals surface area (Å²) in [6.07, 6.45) is 5.93. The van der Waals surface area contributed by atoms with Crippen LogP contribution < -0.4 is 16.0 Å². The molecular formula is C19H37N5O. The van der Waals surface area contributed by atoms with E-state index in [-0.39, 0.29) is 11.8 Å². The van der Waals surface area contributed by atoms with Crippen LogP contribution in [0.5, 0.6) is 0 Å². The minimum atomic E-state index is 0.203. The first-order valence-electron chi connectivity index (χ1n) is 10.1. The molecular weight excluding hydrogens is 314 g/mol. The molecule has 0 bridgehead atoms. The molecule has 1 saturated heterocycles. The minimum Gasteiger partial charge on any atom is -0.357 e. The van der Waals surface area contributed by atoms with Crippen molar-refractivity contribution >= 4 is 11.9 Å². The molecule has 2 rings (SSSR count). The first-order valence-corrected chi connectivity index (χ1v) is 10.1. The number of hydrogen-bond acceptors (Lipinski definition) is 3. The van der Waals surface area contributed by atoms with E-state index in [4.69, 9.17) is 4.99 Å². The van der Waals surface area contributed by atoms with Gasteiger partial charge < -0.3 is 16.0 Å². The Morgan fingerprint density at radius 1 is 1.12 bits per heavy atom. The van der Waals surface area contributed by atoms with Crippen LogP contribution in [-0.2, 0) is 4.79 Å². The van der Waals surface area contributed by atoms with E-state index in [9.17, 15) is 4.79 Å². The lowest BCUT2D eigenvalue weighted by molar-refractivity contribution is -0.122. The summed E-state index contributed by atoms with van der Waals surface area (Å²) < 4.78 is 0. The summed E-state index contributed by atoms with van der Waals surface area (Å²) in [7, 11) is 0. The average Bonchev–Trinajstić information content (AvgIpc) is 3.29. The highest BCUT2D eigenvalue weighted by Gasteiger charge is 2.29. The Hall–Kier alpha value is -1.30. The average molecular weight is 352 g/mol. The van der Waals surface area contributed by atoms with Gasteiger partial charge in [-0.05, 0) is 58.0 Å². The van der Waals surface area contributed by atoms with E-state index in [0.717, 1.165) is 31.9 Å². The van der Waals surface area contributed by atoms with Crippen LogP contribution in [0.3, 0.4) is 0 Å². The molecule has 6 nitrogen and oxygen atoms in total. The van der Waals surface area contributed by atoms with Crippen LogP contribution in [0, 0.1) is 11.8 Å². The maximum Gasteiger partial charge on any atom is 0.223 e. The zero-order valence-corrected chi connectivity index (χ0v) is 16.3. The Labute approximate surface area is 153 Å². The molecule has 1 amide bonds. The van der Waals surface area contributed by atoms with Crippen molar-refractivity contribution in [3.8, 4) is 0 Å². The zero-order valence-electron chi connectivity index (χ0n) is 16.3. The molecule has 144 valence electrons. The van der Waals surface area contributed by atoms with Gasteiger partial charge in [0.05, 0.1) is 6.54 Å². The molecule has 2 fully saturated rings. The van der Waals surface area contributed by atoms with Crippen molar-refractivity contribution in [1.29, 1.82) is 0 Å². The number of carbonyl (C=O) groups excluding carboxylic acids is 1. The van der Waals surface area contributed by atoms with Gasteiger partial charge in [0.2, 0.25) is 5.91 Å². The van der Waals surface area contributed by atoms with E-state index in [2.05, 4.69) is 41.6 Å². The van der Waals surface area contributed by atoms with E-state index in [0.29, 0.717) is 25.0 Å². The Bertz CT molecular complexity index is 428. The molecule has 3 N–H and O–H groups in total. The number of rotatable bonds is 10. The van der Waals surface area contributed by atoms with E-state index in [1.165, 1.54) is 32.4 Å². The molecule has 1 unspecified atom stereocenters. The van der Waals surface area contributed by atoms with E-state index in [1.54, 1.807) is 0 Å². The smallest absolute Gasteiger partial charge is 0.223 e. The van der Waals surface area contributed by atoms with Crippen LogP contribution >= 0.6 is 0 Å². The summed E-state index contributed by atoms with van der Waals surface area (Å²) in [5.74, 6) is 2.03. The SMILES string of the molecule is CCNC(=NCC(CC(C)C)N1CCCC1)NCCNC(=O)C1CC1. The monoisotopic (exact) mass is 351 g/mol. The summed E-state index contributed by atoms with van der Waals surface area (Å²) in [6.45, 7) is 12.1. The third-order valence-electron chi connectivity index (χ3n) is 4.87. The molecule has 1 heterocycles. The normalized spacial score (nSPS) is 19.9. The minimum absolute atomic E-state index is 0.203. The number of aliphatic imine (C=N–C) groups is 1. The van der Waals surface area contributed by atoms with Crippen LogP contribution in [0.2, 0.25) is 0 Å². The van der Waals surface area contributed by atoms with Crippen molar-refractivity contribution in [3.05, 3.63) is 0 Å². The van der Waals surface area contributed by atoms with Gasteiger partial charge in [0.15, 0.2) is 5.96 Å². The molecule has 0 spiro atoms. The van der Waals surface area contributed by atoms with Gasteiger partial charge in [-0.25, -0.2) is 0 Å². The maximum absolute atomic E-state index is 11.7. The first kappa shape index (κ1) is 20.0. The zero-order chi connectivity index (χ0) is 18.1. The van der Waals surface area contributed by atoms with Gasteiger partial charge in [0, 0.05) is 31.6 Å². The number of carbonyl (C=O) groups is 1. The highest BCUT2D eigenvalue weighted by atomic mass is 16.2. The largest absolute Gasteiger partial charge is 0.357 e. The Morgan fingerprint density at radius 2 is 1.80 bits per heavy atom. The van der Waals surface area contributed by atoms with Crippen LogP contribution in [0.4, 0.5) is 0 Å². The lowest BCUT2D eigenvalue weighted by Gasteiger charge is -2.28. The summed E-state index contributed by atoms with van der Waals surface area (Å²) >= 11 is 0. The third kappa shape index (κ3) is 7.63. The quantitative estimate of drug-likeness (QED) is 0.318. The molecule has 0 aromatic heterocycles. The van der Waals surface area contributed by atoms with Crippen molar-refractivity contribution in [1.82, 2.24) is 20.9 Å². The van der Waals surface area contributed by atoms with Gasteiger partial charge in [0.1, 0.15) is 0 Å². The topological polar surface area (TPSA) is 68.8 Å². The van der Waals surface area contributed by atoms with Crippen LogP contribution in [0.25, 0.3) is 0 Å². The molecule has 2 aliphatic rings. The van der Waals surface area contributed by atoms with Gasteiger partial charge in [-0.1, -0.05) is 13.8 Å². The van der Waals surface area contributed by atoms with Gasteiger partial charge in [0.25, 0.3) is 0 Å². The summed E-state index contributed by atoms with van der Waals surface area (Å²) in [5, 5.41) is 9.64. The molecule has 6 heteroatoms. The van der Waals surface area contributed by atoms with Crippen LogP contribution in [-0.4, -0.2) is 62.1 Å². The highest BCUT2D eigenvalue weighted by Crippen LogP contribution is 2.28. The predicted octanol–water partition coefficient (Wildman–Crippen LogP) is 1.58. The van der Waals surface area contributed by atoms with Crippen molar-refractivity contribution in [2.75, 3.05) is 39.3 Å². The maximum atomic E-state index is 11.7. The highest BCUT2D eigenvalue weighted by molar-refractivity contribution is 5.81. The van der Waals surface area contributed by atoms with Gasteiger partial charge in [-0.3, -0.25) is 14.7 Å². The second-order valence-electron chi connectivity index (χ2n) is 7.74. The van der Waals surface area contributed by atoms with E-state index in [1.807, 2.05) is 0 Å². The van der Waals surface area contributed by atoms with E-state index < -0.39 is 0 Å². The van der Waals surface area contributed by atoms with Gasteiger partial charge in [-0.2, -0.15) is 0 Å². The van der Waals surface area contributed by atoms with E-state index >= 15 is 0 Å². The third-order valence-corrected chi connectivity index (χ3v) is 4.87. The summed E-state index contributed by atoms with van der Waals surface area (Å²) in [5.41, 5.74) is 0. The van der Waals surface area contributed by atoms with Crippen LogP contribution in [0.1, 0.15) is 52.9 Å². The Balaban J connectivity index is 1.77. The number of amides is 1. The number of guanidine groups is 1. The second kappa shape index (κ2) is 10.6. The Kier molecular flexibility index (Phi) is 8.52. The molecule has 25 heavy (non-hydrogen) atoms. The second-order valence-corrected chi connectivity index (χ2v) is 7.74. The van der Waals surface area contributed by atoms with Gasteiger partial charge >= 0.3 is 0 Å². The first-order chi connectivity index (χ1) is 12.1. The predicted molar refractivity (Wildman–Crippen MR) is 104 cm³/mol. The van der Waals surface area contributed by atoms with Crippen molar-refractivity contribution in [3.63, 3.8) is 0 Å². The standard InChI is InChI=1S/C19H37N5O/c1-4-20-19(22-10-9-21-18(25)16-7-8-16)23-14-17(13-15(2)3)24-11-5-6-12-24/h15-17H,4-14H2,1-3H3,(H,21,25)(H2,20,22,23). The number of nitrogens with zero attached hydrogens (tertiary/aromatic N) is 2. The number of likely N-dealkylation sites (tertiary alicyclic amines) is 1. The summed E-state index contributed by atoms with van der Waals surface area (Å²) in [4.78, 5) is 19.1. The fraction of sp³-hybridized carbons (Fsp3) is 0.895. The van der Waals surface area contributed by atoms with Crippen molar-refractivity contribution in [2.45, 2.75) is 58.9 Å².